The third-order valence-electron chi connectivity index (χ3n) is 6.25. The molecule has 3 aromatic heterocycles. The number of rotatable bonds is 3. The Bertz CT molecular complexity index is 1320. The van der Waals surface area contributed by atoms with Gasteiger partial charge >= 0.3 is 5.69 Å². The fourth-order valence-electron chi connectivity index (χ4n) is 4.40. The number of aryl methyl sites for hydroxylation is 1. The van der Waals surface area contributed by atoms with Crippen LogP contribution in [0, 0.1) is 5.92 Å². The summed E-state index contributed by atoms with van der Waals surface area (Å²) in [5.74, 6) is 3.16. The summed E-state index contributed by atoms with van der Waals surface area (Å²) in [6.07, 6.45) is 8.42. The van der Waals surface area contributed by atoms with Crippen molar-refractivity contribution in [2.24, 2.45) is 13.0 Å². The van der Waals surface area contributed by atoms with Crippen LogP contribution in [0.2, 0.25) is 0 Å². The lowest BCUT2D eigenvalue weighted by molar-refractivity contribution is 0.273. The van der Waals surface area contributed by atoms with E-state index in [9.17, 15) is 9.59 Å². The monoisotopic (exact) mass is 418 g/mol. The number of aromatic amines is 2. The van der Waals surface area contributed by atoms with Crippen molar-refractivity contribution in [2.45, 2.75) is 44.4 Å². The van der Waals surface area contributed by atoms with Gasteiger partial charge in [-0.25, -0.2) is 4.79 Å². The van der Waals surface area contributed by atoms with E-state index in [1.165, 1.54) is 12.8 Å². The first kappa shape index (κ1) is 19.5. The van der Waals surface area contributed by atoms with Crippen molar-refractivity contribution in [3.05, 3.63) is 75.1 Å². The van der Waals surface area contributed by atoms with Crippen molar-refractivity contribution < 1.29 is 0 Å². The third kappa shape index (κ3) is 3.73. The highest BCUT2D eigenvalue weighted by Gasteiger charge is 2.30. The number of H-pyrrole nitrogens is 2. The summed E-state index contributed by atoms with van der Waals surface area (Å²) in [5.41, 5.74) is 2.35. The van der Waals surface area contributed by atoms with Gasteiger partial charge in [-0.2, -0.15) is 0 Å². The van der Waals surface area contributed by atoms with E-state index in [4.69, 9.17) is 0 Å². The van der Waals surface area contributed by atoms with E-state index >= 15 is 0 Å². The number of hydrogen-bond acceptors (Lipinski definition) is 4. The Morgan fingerprint density at radius 1 is 1.00 bits per heavy atom. The summed E-state index contributed by atoms with van der Waals surface area (Å²) in [4.78, 5) is 29.4. The predicted molar refractivity (Wildman–Crippen MR) is 119 cm³/mol. The standard InChI is InChI=1S/C15H13N3O2.C8H13N3/c19-14-13-12(16-15(20)17-13)11(9-6-7-9)8-18(14)10-4-2-1-3-5-10;1-6-3-7(4-6)8-10-9-5-11(8)2/h1-5,8-9H,6-7H2,(H2,16,17,20);5-7H,3-4H2,1-2H3. The number of para-hydroxylation sites is 1. The second-order valence-corrected chi connectivity index (χ2v) is 8.77. The van der Waals surface area contributed by atoms with Crippen molar-refractivity contribution in [3.8, 4) is 5.69 Å². The Hall–Kier alpha value is -3.42. The number of aromatic nitrogens is 6. The maximum atomic E-state index is 12.5. The van der Waals surface area contributed by atoms with Crippen molar-refractivity contribution in [2.75, 3.05) is 0 Å². The van der Waals surface area contributed by atoms with Crippen molar-refractivity contribution >= 4 is 11.0 Å². The molecule has 0 bridgehead atoms. The van der Waals surface area contributed by atoms with Crippen LogP contribution in [0.1, 0.15) is 55.8 Å². The Balaban J connectivity index is 0.000000157. The topological polar surface area (TPSA) is 101 Å². The van der Waals surface area contributed by atoms with Crippen LogP contribution >= 0.6 is 0 Å². The lowest BCUT2D eigenvalue weighted by atomic mass is 9.76. The lowest BCUT2D eigenvalue weighted by Crippen LogP contribution is -2.21. The SMILES string of the molecule is CC1CC(c2nncn2C)C1.O=c1[nH]c2c(C3CC3)cn(-c3ccccc3)c(=O)c2[nH]1. The van der Waals surface area contributed by atoms with E-state index in [1.54, 1.807) is 10.9 Å². The largest absolute Gasteiger partial charge is 0.323 e. The highest BCUT2D eigenvalue weighted by molar-refractivity contribution is 5.78. The van der Waals surface area contributed by atoms with Crippen LogP contribution in [0.4, 0.5) is 0 Å². The first-order chi connectivity index (χ1) is 15.0. The molecular weight excluding hydrogens is 392 g/mol. The smallest absolute Gasteiger partial charge is 0.320 e. The van der Waals surface area contributed by atoms with Gasteiger partial charge < -0.3 is 14.5 Å². The molecule has 0 amide bonds. The van der Waals surface area contributed by atoms with Crippen LogP contribution in [0.3, 0.4) is 0 Å². The van der Waals surface area contributed by atoms with Gasteiger partial charge in [0.1, 0.15) is 17.7 Å². The summed E-state index contributed by atoms with van der Waals surface area (Å²) < 4.78 is 3.64. The fraction of sp³-hybridized carbons (Fsp3) is 0.391. The summed E-state index contributed by atoms with van der Waals surface area (Å²) in [6, 6.07) is 9.46. The summed E-state index contributed by atoms with van der Waals surface area (Å²) >= 11 is 0. The second-order valence-electron chi connectivity index (χ2n) is 8.77. The zero-order valence-electron chi connectivity index (χ0n) is 17.7. The molecule has 6 rings (SSSR count). The van der Waals surface area contributed by atoms with Gasteiger partial charge in [-0.05, 0) is 55.2 Å². The lowest BCUT2D eigenvalue weighted by Gasteiger charge is -2.31. The molecule has 0 aliphatic heterocycles. The van der Waals surface area contributed by atoms with Crippen LogP contribution in [0.5, 0.6) is 0 Å². The highest BCUT2D eigenvalue weighted by Crippen LogP contribution is 2.42. The molecular formula is C23H26N6O2. The first-order valence-electron chi connectivity index (χ1n) is 10.8. The highest BCUT2D eigenvalue weighted by atomic mass is 16.1. The molecule has 2 N–H and O–H groups in total. The zero-order valence-corrected chi connectivity index (χ0v) is 17.7. The number of fused-ring (bicyclic) bond motifs is 1. The molecule has 0 saturated heterocycles. The number of benzene rings is 1. The van der Waals surface area contributed by atoms with Crippen LogP contribution in [0.15, 0.2) is 52.4 Å². The third-order valence-corrected chi connectivity index (χ3v) is 6.25. The van der Waals surface area contributed by atoms with Crippen molar-refractivity contribution in [3.63, 3.8) is 0 Å². The van der Waals surface area contributed by atoms with Gasteiger partial charge in [0, 0.05) is 24.8 Å². The number of nitrogens with zero attached hydrogens (tertiary/aromatic N) is 4. The fourth-order valence-corrected chi connectivity index (χ4v) is 4.40. The molecule has 0 radical (unpaired) electrons. The van der Waals surface area contributed by atoms with Crippen LogP contribution in [-0.2, 0) is 7.05 Å². The van der Waals surface area contributed by atoms with Gasteiger partial charge in [-0.3, -0.25) is 9.36 Å². The molecule has 0 unspecified atom stereocenters. The maximum Gasteiger partial charge on any atom is 0.323 e. The zero-order chi connectivity index (χ0) is 21.5. The van der Waals surface area contributed by atoms with E-state index < -0.39 is 0 Å². The molecule has 8 nitrogen and oxygen atoms in total. The Morgan fingerprint density at radius 2 is 1.71 bits per heavy atom. The van der Waals surface area contributed by atoms with Gasteiger partial charge in [0.25, 0.3) is 5.56 Å². The normalized spacial score (nSPS) is 20.2. The minimum atomic E-state index is -0.329. The quantitative estimate of drug-likeness (QED) is 0.533. The molecule has 3 heterocycles. The molecule has 2 saturated carbocycles. The van der Waals surface area contributed by atoms with Gasteiger partial charge in [0.05, 0.1) is 5.52 Å². The minimum absolute atomic E-state index is 0.200. The summed E-state index contributed by atoms with van der Waals surface area (Å²) in [7, 11) is 2.01. The van der Waals surface area contributed by atoms with Gasteiger partial charge in [-0.15, -0.1) is 10.2 Å². The van der Waals surface area contributed by atoms with Gasteiger partial charge in [-0.1, -0.05) is 25.1 Å². The van der Waals surface area contributed by atoms with Crippen LogP contribution in [0.25, 0.3) is 16.7 Å². The molecule has 31 heavy (non-hydrogen) atoms. The Kier molecular flexibility index (Phi) is 4.84. The van der Waals surface area contributed by atoms with E-state index in [0.29, 0.717) is 22.9 Å². The van der Waals surface area contributed by atoms with Crippen LogP contribution in [-0.4, -0.2) is 29.3 Å². The number of nitrogens with one attached hydrogen (secondary N) is 2. The minimum Gasteiger partial charge on any atom is -0.320 e. The Labute approximate surface area is 179 Å². The molecule has 8 heteroatoms. The van der Waals surface area contributed by atoms with Crippen molar-refractivity contribution in [1.82, 2.24) is 29.3 Å². The average molecular weight is 419 g/mol. The van der Waals surface area contributed by atoms with Crippen molar-refractivity contribution in [1.29, 1.82) is 0 Å². The second kappa shape index (κ2) is 7.68. The predicted octanol–water partition coefficient (Wildman–Crippen LogP) is 3.21. The molecule has 2 aliphatic carbocycles. The van der Waals surface area contributed by atoms with Gasteiger partial charge in [0.2, 0.25) is 0 Å². The summed E-state index contributed by atoms with van der Waals surface area (Å²) in [6.45, 7) is 2.28. The molecule has 4 aromatic rings. The van der Waals surface area contributed by atoms with E-state index in [0.717, 1.165) is 35.8 Å². The summed E-state index contributed by atoms with van der Waals surface area (Å²) in [5, 5.41) is 7.95. The average Bonchev–Trinajstić information content (AvgIpc) is 3.38. The molecule has 2 fully saturated rings. The number of imidazole rings is 1. The maximum absolute atomic E-state index is 12.5. The van der Waals surface area contributed by atoms with E-state index in [1.807, 2.05) is 48.1 Å². The van der Waals surface area contributed by atoms with Gasteiger partial charge in [0.15, 0.2) is 0 Å². The first-order valence-corrected chi connectivity index (χ1v) is 10.8. The van der Waals surface area contributed by atoms with E-state index in [2.05, 4.69) is 27.1 Å². The van der Waals surface area contributed by atoms with Crippen LogP contribution < -0.4 is 11.2 Å². The van der Waals surface area contributed by atoms with E-state index in [-0.39, 0.29) is 11.2 Å². The Morgan fingerprint density at radius 3 is 2.32 bits per heavy atom. The molecule has 160 valence electrons. The molecule has 2 aliphatic rings. The molecule has 0 spiro atoms. The molecule has 0 atom stereocenters. The number of hydrogen-bond donors (Lipinski definition) is 2. The molecule has 1 aromatic carbocycles. The number of pyridine rings is 1.